The highest BCUT2D eigenvalue weighted by Crippen LogP contribution is 2.39. The van der Waals surface area contributed by atoms with Gasteiger partial charge in [0.25, 0.3) is 5.91 Å². The van der Waals surface area contributed by atoms with Gasteiger partial charge in [-0.1, -0.05) is 53.5 Å². The van der Waals surface area contributed by atoms with Gasteiger partial charge in [-0.15, -0.1) is 0 Å². The molecule has 1 unspecified atom stereocenters. The normalized spacial score (nSPS) is 16.1. The van der Waals surface area contributed by atoms with Gasteiger partial charge in [0.05, 0.1) is 20.6 Å². The first kappa shape index (κ1) is 15.2. The quantitative estimate of drug-likeness (QED) is 0.919. The molecule has 1 aliphatic rings. The SMILES string of the molecule is O=C(NCc1ccccc1)C1=Nc2ccc(Cl)c(Cl)c2S1=O. The van der Waals surface area contributed by atoms with Crippen LogP contribution < -0.4 is 5.32 Å². The molecule has 0 radical (unpaired) electrons. The van der Waals surface area contributed by atoms with Gasteiger partial charge in [-0.25, -0.2) is 9.20 Å². The van der Waals surface area contributed by atoms with Crippen molar-refractivity contribution in [3.8, 4) is 0 Å². The van der Waals surface area contributed by atoms with Crippen molar-refractivity contribution in [2.24, 2.45) is 4.99 Å². The summed E-state index contributed by atoms with van der Waals surface area (Å²) in [5.74, 6) is -0.481. The van der Waals surface area contributed by atoms with Crippen LogP contribution in [0.15, 0.2) is 52.4 Å². The maximum Gasteiger partial charge on any atom is 0.279 e. The van der Waals surface area contributed by atoms with Crippen molar-refractivity contribution in [1.82, 2.24) is 5.32 Å². The van der Waals surface area contributed by atoms with Gasteiger partial charge in [0.2, 0.25) is 0 Å². The third kappa shape index (κ3) is 2.79. The summed E-state index contributed by atoms with van der Waals surface area (Å²) in [7, 11) is -1.72. The van der Waals surface area contributed by atoms with Gasteiger partial charge in [0, 0.05) is 6.54 Å². The second kappa shape index (κ2) is 6.20. The Morgan fingerprint density at radius 1 is 1.14 bits per heavy atom. The number of rotatable bonds is 3. The minimum absolute atomic E-state index is 0.0601. The average Bonchev–Trinajstić information content (AvgIpc) is 2.87. The Morgan fingerprint density at radius 2 is 1.86 bits per heavy atom. The van der Waals surface area contributed by atoms with E-state index in [1.807, 2.05) is 30.3 Å². The molecule has 0 bridgehead atoms. The van der Waals surface area contributed by atoms with Crippen LogP contribution in [0.4, 0.5) is 5.69 Å². The molecular formula is C15H10Cl2N2O2S. The summed E-state index contributed by atoms with van der Waals surface area (Å²) < 4.78 is 12.4. The Labute approximate surface area is 139 Å². The van der Waals surface area contributed by atoms with E-state index in [0.717, 1.165) is 5.56 Å². The number of carbonyl (C=O) groups is 1. The Bertz CT molecular complexity index is 807. The Morgan fingerprint density at radius 3 is 2.59 bits per heavy atom. The lowest BCUT2D eigenvalue weighted by Gasteiger charge is -2.05. The van der Waals surface area contributed by atoms with E-state index in [0.29, 0.717) is 17.1 Å². The van der Waals surface area contributed by atoms with E-state index in [9.17, 15) is 9.00 Å². The van der Waals surface area contributed by atoms with Gasteiger partial charge >= 0.3 is 0 Å². The van der Waals surface area contributed by atoms with Crippen molar-refractivity contribution in [1.29, 1.82) is 0 Å². The van der Waals surface area contributed by atoms with E-state index >= 15 is 0 Å². The summed E-state index contributed by atoms with van der Waals surface area (Å²) in [6.07, 6.45) is 0. The smallest absolute Gasteiger partial charge is 0.279 e. The van der Waals surface area contributed by atoms with Crippen LogP contribution in [0.1, 0.15) is 5.56 Å². The number of aliphatic imine (C=N–C) groups is 1. The lowest BCUT2D eigenvalue weighted by Crippen LogP contribution is -2.31. The number of amides is 1. The summed E-state index contributed by atoms with van der Waals surface area (Å²) in [5.41, 5.74) is 1.36. The molecule has 0 saturated heterocycles. The van der Waals surface area contributed by atoms with Crippen molar-refractivity contribution in [2.45, 2.75) is 11.4 Å². The number of carbonyl (C=O) groups excluding carboxylic acids is 1. The fourth-order valence-corrected chi connectivity index (χ4v) is 3.80. The van der Waals surface area contributed by atoms with Gasteiger partial charge in [0.15, 0.2) is 5.04 Å². The fourth-order valence-electron chi connectivity index (χ4n) is 2.02. The van der Waals surface area contributed by atoms with Gasteiger partial charge < -0.3 is 5.32 Å². The molecule has 1 atom stereocenters. The molecule has 1 heterocycles. The molecule has 0 aromatic heterocycles. The van der Waals surface area contributed by atoms with Crippen LogP contribution in [0.3, 0.4) is 0 Å². The highest BCUT2D eigenvalue weighted by molar-refractivity contribution is 8.03. The third-order valence-corrected chi connectivity index (χ3v) is 5.43. The molecule has 4 nitrogen and oxygen atoms in total. The Hall–Kier alpha value is -1.69. The second-order valence-electron chi connectivity index (χ2n) is 4.56. The van der Waals surface area contributed by atoms with Gasteiger partial charge in [-0.3, -0.25) is 4.79 Å². The molecule has 1 amide bonds. The predicted octanol–water partition coefficient (Wildman–Crippen LogP) is 3.46. The Kier molecular flexibility index (Phi) is 4.29. The van der Waals surface area contributed by atoms with E-state index in [1.54, 1.807) is 12.1 Å². The van der Waals surface area contributed by atoms with E-state index in [-0.39, 0.29) is 15.1 Å². The van der Waals surface area contributed by atoms with Crippen LogP contribution in [0, 0.1) is 0 Å². The lowest BCUT2D eigenvalue weighted by atomic mass is 10.2. The first-order valence-corrected chi connectivity index (χ1v) is 8.29. The Balaban J connectivity index is 1.78. The molecule has 0 fully saturated rings. The van der Waals surface area contributed by atoms with Crippen LogP contribution in [-0.4, -0.2) is 15.2 Å². The summed E-state index contributed by atoms with van der Waals surface area (Å²) in [6, 6.07) is 12.6. The van der Waals surface area contributed by atoms with Gasteiger partial charge in [-0.05, 0) is 17.7 Å². The third-order valence-electron chi connectivity index (χ3n) is 3.10. The number of fused-ring (bicyclic) bond motifs is 1. The summed E-state index contributed by atoms with van der Waals surface area (Å²) in [4.78, 5) is 16.6. The fraction of sp³-hybridized carbons (Fsp3) is 0.0667. The molecule has 0 saturated carbocycles. The molecule has 22 heavy (non-hydrogen) atoms. The molecule has 2 aromatic rings. The minimum atomic E-state index is -1.72. The average molecular weight is 353 g/mol. The number of halogens is 2. The zero-order chi connectivity index (χ0) is 15.7. The molecule has 1 aliphatic heterocycles. The van der Waals surface area contributed by atoms with E-state index in [2.05, 4.69) is 10.3 Å². The van der Waals surface area contributed by atoms with Crippen LogP contribution >= 0.6 is 23.2 Å². The number of benzene rings is 2. The number of hydrogen-bond acceptors (Lipinski definition) is 3. The van der Waals surface area contributed by atoms with Gasteiger partial charge in [-0.2, -0.15) is 0 Å². The minimum Gasteiger partial charge on any atom is -0.346 e. The van der Waals surface area contributed by atoms with Crippen molar-refractivity contribution in [3.63, 3.8) is 0 Å². The standard InChI is InChI=1S/C15H10Cl2N2O2S/c16-10-6-7-11-13(12(10)17)22(21)15(19-11)14(20)18-8-9-4-2-1-3-5-9/h1-7H,8H2,(H,18,20). The molecule has 112 valence electrons. The van der Waals surface area contributed by atoms with E-state index in [1.165, 1.54) is 0 Å². The largest absolute Gasteiger partial charge is 0.346 e. The number of nitrogens with zero attached hydrogens (tertiary/aromatic N) is 1. The number of hydrogen-bond donors (Lipinski definition) is 1. The molecule has 0 aliphatic carbocycles. The van der Waals surface area contributed by atoms with Crippen molar-refractivity contribution < 1.29 is 9.00 Å². The summed E-state index contributed by atoms with van der Waals surface area (Å²) >= 11 is 12.0. The van der Waals surface area contributed by atoms with Crippen LogP contribution in [0.25, 0.3) is 0 Å². The molecule has 0 spiro atoms. The predicted molar refractivity (Wildman–Crippen MR) is 88.3 cm³/mol. The lowest BCUT2D eigenvalue weighted by molar-refractivity contribution is -0.114. The first-order valence-electron chi connectivity index (χ1n) is 6.38. The topological polar surface area (TPSA) is 58.5 Å². The molecule has 7 heteroatoms. The van der Waals surface area contributed by atoms with Crippen molar-refractivity contribution >= 4 is 50.6 Å². The maximum absolute atomic E-state index is 12.4. The number of nitrogens with one attached hydrogen (secondary N) is 1. The van der Waals surface area contributed by atoms with E-state index in [4.69, 9.17) is 23.2 Å². The van der Waals surface area contributed by atoms with E-state index < -0.39 is 16.7 Å². The van der Waals surface area contributed by atoms with Crippen molar-refractivity contribution in [2.75, 3.05) is 0 Å². The highest BCUT2D eigenvalue weighted by atomic mass is 35.5. The summed E-state index contributed by atoms with van der Waals surface area (Å²) in [6.45, 7) is 0.334. The molecule has 2 aromatic carbocycles. The van der Waals surface area contributed by atoms with Crippen LogP contribution in [0.2, 0.25) is 10.0 Å². The zero-order valence-corrected chi connectivity index (χ0v) is 13.5. The van der Waals surface area contributed by atoms with Gasteiger partial charge in [0.1, 0.15) is 10.8 Å². The van der Waals surface area contributed by atoms with Crippen molar-refractivity contribution in [3.05, 3.63) is 58.1 Å². The maximum atomic E-state index is 12.4. The highest BCUT2D eigenvalue weighted by Gasteiger charge is 2.31. The van der Waals surface area contributed by atoms with Crippen LogP contribution in [-0.2, 0) is 22.1 Å². The molecular weight excluding hydrogens is 343 g/mol. The monoisotopic (exact) mass is 352 g/mol. The molecule has 1 N–H and O–H groups in total. The molecule has 3 rings (SSSR count). The second-order valence-corrected chi connectivity index (χ2v) is 6.68. The summed E-state index contributed by atoms with van der Waals surface area (Å²) in [5, 5.41) is 3.10. The zero-order valence-electron chi connectivity index (χ0n) is 11.2. The first-order chi connectivity index (χ1) is 10.6. The van der Waals surface area contributed by atoms with Crippen LogP contribution in [0.5, 0.6) is 0 Å².